The summed E-state index contributed by atoms with van der Waals surface area (Å²) in [5, 5.41) is 0.492. The fourth-order valence-electron chi connectivity index (χ4n) is 4.14. The van der Waals surface area contributed by atoms with Crippen LogP contribution < -0.4 is 4.90 Å². The Morgan fingerprint density at radius 1 is 1.07 bits per heavy atom. The van der Waals surface area contributed by atoms with E-state index in [0.717, 1.165) is 12.8 Å². The van der Waals surface area contributed by atoms with Crippen LogP contribution in [0.3, 0.4) is 0 Å². The Morgan fingerprint density at radius 3 is 2.48 bits per heavy atom. The Bertz CT molecular complexity index is 1020. The van der Waals surface area contributed by atoms with Gasteiger partial charge in [-0.3, -0.25) is 9.59 Å². The van der Waals surface area contributed by atoms with E-state index in [1.165, 1.54) is 17.0 Å². The minimum atomic E-state index is -0.403. The fraction of sp³-hybridized carbons (Fsp3) is 0.304. The molecule has 1 saturated heterocycles. The fourth-order valence-corrected chi connectivity index (χ4v) is 4.31. The Labute approximate surface area is 174 Å². The van der Waals surface area contributed by atoms with Crippen LogP contribution in [0.4, 0.5) is 10.1 Å². The SMILES string of the molecule is Cc1c(Cl)cccc1N1C(=O)C(c2ccc(F)cc2)=C(N2CCCC(C)C2)C1=O. The molecule has 2 aliphatic heterocycles. The Morgan fingerprint density at radius 2 is 1.79 bits per heavy atom. The Kier molecular flexibility index (Phi) is 5.17. The summed E-state index contributed by atoms with van der Waals surface area (Å²) in [4.78, 5) is 30.2. The van der Waals surface area contributed by atoms with E-state index in [2.05, 4.69) is 6.92 Å². The van der Waals surface area contributed by atoms with Gasteiger partial charge in [-0.1, -0.05) is 36.7 Å². The molecule has 2 aliphatic rings. The second-order valence-corrected chi connectivity index (χ2v) is 8.16. The number of benzene rings is 2. The summed E-state index contributed by atoms with van der Waals surface area (Å²) >= 11 is 6.25. The molecule has 29 heavy (non-hydrogen) atoms. The lowest BCUT2D eigenvalue weighted by Crippen LogP contribution is -2.39. The largest absolute Gasteiger partial charge is 0.366 e. The van der Waals surface area contributed by atoms with E-state index in [1.54, 1.807) is 37.3 Å². The number of carbonyl (C=O) groups is 2. The van der Waals surface area contributed by atoms with Crippen molar-refractivity contribution in [3.63, 3.8) is 0 Å². The smallest absolute Gasteiger partial charge is 0.282 e. The van der Waals surface area contributed by atoms with Crippen molar-refractivity contribution in [2.75, 3.05) is 18.0 Å². The third kappa shape index (κ3) is 3.44. The van der Waals surface area contributed by atoms with Crippen LogP contribution in [0.15, 0.2) is 48.2 Å². The average Bonchev–Trinajstić information content (AvgIpc) is 2.95. The van der Waals surface area contributed by atoms with Gasteiger partial charge in [0.05, 0.1) is 11.3 Å². The molecule has 1 unspecified atom stereocenters. The van der Waals surface area contributed by atoms with Crippen molar-refractivity contribution in [1.29, 1.82) is 0 Å². The molecule has 0 aliphatic carbocycles. The standard InChI is InChI=1S/C23H22ClFN2O2/c1-14-5-4-12-26(13-14)21-20(16-8-10-17(25)11-9-16)22(28)27(23(21)29)19-7-3-6-18(24)15(19)2/h3,6-11,14H,4-5,12-13H2,1-2H3. The van der Waals surface area contributed by atoms with Crippen LogP contribution in [0.2, 0.25) is 5.02 Å². The maximum atomic E-state index is 13.5. The zero-order valence-electron chi connectivity index (χ0n) is 16.4. The zero-order chi connectivity index (χ0) is 20.7. The number of nitrogens with zero attached hydrogens (tertiary/aromatic N) is 2. The van der Waals surface area contributed by atoms with Crippen LogP contribution in [-0.4, -0.2) is 29.8 Å². The summed E-state index contributed by atoms with van der Waals surface area (Å²) in [5.41, 5.74) is 2.41. The second-order valence-electron chi connectivity index (χ2n) is 7.75. The molecular formula is C23H22ClFN2O2. The summed E-state index contributed by atoms with van der Waals surface area (Å²) in [5.74, 6) is -0.716. The number of imide groups is 1. The first-order valence-corrected chi connectivity index (χ1v) is 10.2. The van der Waals surface area contributed by atoms with Gasteiger partial charge >= 0.3 is 0 Å². The average molecular weight is 413 g/mol. The molecule has 4 nitrogen and oxygen atoms in total. The van der Waals surface area contributed by atoms with Gasteiger partial charge < -0.3 is 4.90 Å². The van der Waals surface area contributed by atoms with Crippen LogP contribution >= 0.6 is 11.6 Å². The molecule has 6 heteroatoms. The summed E-state index contributed by atoms with van der Waals surface area (Å²) in [6.07, 6.45) is 2.05. The van der Waals surface area contributed by atoms with E-state index in [9.17, 15) is 14.0 Å². The van der Waals surface area contributed by atoms with Gasteiger partial charge in [-0.15, -0.1) is 0 Å². The van der Waals surface area contributed by atoms with Gasteiger partial charge in [-0.25, -0.2) is 9.29 Å². The van der Waals surface area contributed by atoms with Crippen molar-refractivity contribution in [3.05, 3.63) is 70.1 Å². The molecule has 0 aromatic heterocycles. The lowest BCUT2D eigenvalue weighted by atomic mass is 9.98. The highest BCUT2D eigenvalue weighted by Gasteiger charge is 2.43. The van der Waals surface area contributed by atoms with E-state index in [4.69, 9.17) is 11.6 Å². The van der Waals surface area contributed by atoms with Crippen LogP contribution in [0.25, 0.3) is 5.57 Å². The molecule has 4 rings (SSSR count). The molecule has 2 aromatic rings. The van der Waals surface area contributed by atoms with E-state index < -0.39 is 5.91 Å². The molecule has 150 valence electrons. The van der Waals surface area contributed by atoms with E-state index in [-0.39, 0.29) is 11.7 Å². The van der Waals surface area contributed by atoms with Gasteiger partial charge in [0.2, 0.25) is 0 Å². The van der Waals surface area contributed by atoms with Crippen molar-refractivity contribution < 1.29 is 14.0 Å². The number of likely N-dealkylation sites (tertiary alicyclic amines) is 1. The monoisotopic (exact) mass is 412 g/mol. The number of carbonyl (C=O) groups excluding carboxylic acids is 2. The predicted octanol–water partition coefficient (Wildman–Crippen LogP) is 4.80. The number of hydrogen-bond donors (Lipinski definition) is 0. The lowest BCUT2D eigenvalue weighted by Gasteiger charge is -2.33. The third-order valence-electron chi connectivity index (χ3n) is 5.65. The van der Waals surface area contributed by atoms with Gasteiger partial charge in [-0.05, 0) is 61.1 Å². The summed E-state index contributed by atoms with van der Waals surface area (Å²) in [7, 11) is 0. The van der Waals surface area contributed by atoms with Gasteiger partial charge in [0.1, 0.15) is 11.5 Å². The Balaban J connectivity index is 1.85. The maximum Gasteiger partial charge on any atom is 0.282 e. The number of halogens is 2. The van der Waals surface area contributed by atoms with Crippen LogP contribution in [0.1, 0.15) is 30.9 Å². The van der Waals surface area contributed by atoms with Crippen molar-refractivity contribution in [3.8, 4) is 0 Å². The van der Waals surface area contributed by atoms with Gasteiger partial charge in [0.25, 0.3) is 11.8 Å². The van der Waals surface area contributed by atoms with E-state index in [0.29, 0.717) is 52.1 Å². The number of piperidine rings is 1. The van der Waals surface area contributed by atoms with Crippen LogP contribution in [0, 0.1) is 18.7 Å². The van der Waals surface area contributed by atoms with Crippen molar-refractivity contribution >= 4 is 34.7 Å². The highest BCUT2D eigenvalue weighted by atomic mass is 35.5. The first-order valence-electron chi connectivity index (χ1n) is 9.77. The molecule has 0 radical (unpaired) electrons. The molecule has 2 amide bonds. The first kappa shape index (κ1) is 19.6. The third-order valence-corrected chi connectivity index (χ3v) is 6.06. The number of hydrogen-bond acceptors (Lipinski definition) is 3. The second kappa shape index (κ2) is 7.64. The van der Waals surface area contributed by atoms with Gasteiger partial charge in [-0.2, -0.15) is 0 Å². The summed E-state index contributed by atoms with van der Waals surface area (Å²) < 4.78 is 13.5. The summed E-state index contributed by atoms with van der Waals surface area (Å²) in [6, 6.07) is 10.9. The number of rotatable bonds is 3. The van der Waals surface area contributed by atoms with E-state index >= 15 is 0 Å². The van der Waals surface area contributed by atoms with Crippen LogP contribution in [-0.2, 0) is 9.59 Å². The molecule has 0 saturated carbocycles. The van der Waals surface area contributed by atoms with Crippen molar-refractivity contribution in [1.82, 2.24) is 4.90 Å². The maximum absolute atomic E-state index is 13.5. The van der Waals surface area contributed by atoms with E-state index in [1.807, 2.05) is 4.90 Å². The first-order chi connectivity index (χ1) is 13.9. The highest BCUT2D eigenvalue weighted by Crippen LogP contribution is 2.38. The molecule has 0 spiro atoms. The van der Waals surface area contributed by atoms with Gasteiger partial charge in [0.15, 0.2) is 0 Å². The minimum Gasteiger partial charge on any atom is -0.366 e. The Hall–Kier alpha value is -2.66. The molecule has 0 bridgehead atoms. The van der Waals surface area contributed by atoms with Gasteiger partial charge in [0, 0.05) is 18.1 Å². The lowest BCUT2D eigenvalue weighted by molar-refractivity contribution is -0.120. The predicted molar refractivity (Wildman–Crippen MR) is 112 cm³/mol. The molecule has 0 N–H and O–H groups in total. The topological polar surface area (TPSA) is 40.6 Å². The molecule has 1 fully saturated rings. The highest BCUT2D eigenvalue weighted by molar-refractivity contribution is 6.46. The molecule has 1 atom stereocenters. The normalized spacial score (nSPS) is 20.1. The van der Waals surface area contributed by atoms with Crippen molar-refractivity contribution in [2.45, 2.75) is 26.7 Å². The number of amides is 2. The van der Waals surface area contributed by atoms with Crippen LogP contribution in [0.5, 0.6) is 0 Å². The molecular weight excluding hydrogens is 391 g/mol. The summed E-state index contributed by atoms with van der Waals surface area (Å²) in [6.45, 7) is 5.36. The minimum absolute atomic E-state index is 0.323. The quantitative estimate of drug-likeness (QED) is 0.679. The molecule has 2 aromatic carbocycles. The zero-order valence-corrected chi connectivity index (χ0v) is 17.2. The van der Waals surface area contributed by atoms with Crippen molar-refractivity contribution in [2.24, 2.45) is 5.92 Å². The number of anilines is 1. The molecule has 2 heterocycles.